The van der Waals surface area contributed by atoms with E-state index in [9.17, 15) is 4.39 Å². The van der Waals surface area contributed by atoms with Crippen LogP contribution >= 0.6 is 0 Å². The van der Waals surface area contributed by atoms with E-state index in [4.69, 9.17) is 0 Å². The van der Waals surface area contributed by atoms with Crippen molar-refractivity contribution in [3.05, 3.63) is 58.9 Å². The van der Waals surface area contributed by atoms with E-state index in [1.807, 2.05) is 27.7 Å². The summed E-state index contributed by atoms with van der Waals surface area (Å²) < 4.78 is 14.6. The zero-order valence-electron chi connectivity index (χ0n) is 14.7. The maximum absolute atomic E-state index is 14.6. The van der Waals surface area contributed by atoms with Gasteiger partial charge in [-0.1, -0.05) is 6.58 Å². The molecule has 1 heterocycles. The number of aromatic nitrogens is 2. The highest BCUT2D eigenvalue weighted by molar-refractivity contribution is 5.84. The zero-order chi connectivity index (χ0) is 17.4. The predicted molar refractivity (Wildman–Crippen MR) is 96.5 cm³/mol. The molecule has 1 aliphatic rings. The number of benzene rings is 1. The highest BCUT2D eigenvalue weighted by Gasteiger charge is 2.27. The van der Waals surface area contributed by atoms with E-state index >= 15 is 0 Å². The number of hydrogen-bond acceptors (Lipinski definition) is 3. The molecule has 24 heavy (non-hydrogen) atoms. The molecule has 1 aromatic heterocycles. The van der Waals surface area contributed by atoms with Crippen LogP contribution < -0.4 is 0 Å². The van der Waals surface area contributed by atoms with Crippen LogP contribution in [0.4, 0.5) is 10.1 Å². The summed E-state index contributed by atoms with van der Waals surface area (Å²) >= 11 is 0. The van der Waals surface area contributed by atoms with Crippen LogP contribution in [0.5, 0.6) is 0 Å². The summed E-state index contributed by atoms with van der Waals surface area (Å²) in [5.74, 6) is 1.07. The van der Waals surface area contributed by atoms with E-state index in [0.717, 1.165) is 41.2 Å². The Morgan fingerprint density at radius 1 is 1.21 bits per heavy atom. The van der Waals surface area contributed by atoms with Crippen LogP contribution in [-0.2, 0) is 0 Å². The van der Waals surface area contributed by atoms with Gasteiger partial charge in [-0.2, -0.15) is 0 Å². The molecule has 3 rings (SSSR count). The van der Waals surface area contributed by atoms with E-state index in [-0.39, 0.29) is 5.82 Å². The second kappa shape index (κ2) is 6.27. The molecule has 0 N–H and O–H groups in total. The van der Waals surface area contributed by atoms with Crippen molar-refractivity contribution >= 4 is 17.0 Å². The first-order valence-corrected chi connectivity index (χ1v) is 8.22. The third kappa shape index (κ3) is 3.28. The molecule has 0 aliphatic heterocycles. The molecule has 1 aromatic carbocycles. The fourth-order valence-corrected chi connectivity index (χ4v) is 2.73. The zero-order valence-corrected chi connectivity index (χ0v) is 14.7. The van der Waals surface area contributed by atoms with Gasteiger partial charge in [0.25, 0.3) is 0 Å². The summed E-state index contributed by atoms with van der Waals surface area (Å²) in [7, 11) is 0. The first-order valence-electron chi connectivity index (χ1n) is 8.22. The molecule has 4 heteroatoms. The minimum Gasteiger partial charge on any atom is -0.258 e. The van der Waals surface area contributed by atoms with Crippen LogP contribution in [0.3, 0.4) is 0 Å². The highest BCUT2D eigenvalue weighted by Crippen LogP contribution is 2.38. The topological polar surface area (TPSA) is 38.1 Å². The van der Waals surface area contributed by atoms with Crippen LogP contribution in [0.25, 0.3) is 5.57 Å². The number of hydrogen-bond donors (Lipinski definition) is 0. The molecule has 0 radical (unpaired) electrons. The molecular formula is C20H22FN3. The average molecular weight is 323 g/mol. The lowest BCUT2D eigenvalue weighted by atomic mass is 9.97. The van der Waals surface area contributed by atoms with Crippen LogP contribution in [-0.4, -0.2) is 15.7 Å². The van der Waals surface area contributed by atoms with Crippen molar-refractivity contribution in [3.8, 4) is 0 Å². The van der Waals surface area contributed by atoms with E-state index in [1.54, 1.807) is 12.3 Å². The standard InChI is InChI=1S/C20H22FN3/c1-11(2)23-19-9-18(21)16(8-12(19)3)13(4)17-10-22-20(15-6-7-15)24-14(17)5/h8-10,15H,4,6-7H2,1-3,5H3. The van der Waals surface area contributed by atoms with Gasteiger partial charge in [0, 0.05) is 40.7 Å². The Hall–Kier alpha value is -2.36. The lowest BCUT2D eigenvalue weighted by molar-refractivity contribution is 0.624. The largest absolute Gasteiger partial charge is 0.258 e. The lowest BCUT2D eigenvalue weighted by Gasteiger charge is -2.13. The molecular weight excluding hydrogens is 301 g/mol. The number of aryl methyl sites for hydroxylation is 2. The second-order valence-corrected chi connectivity index (χ2v) is 6.66. The van der Waals surface area contributed by atoms with E-state index in [1.165, 1.54) is 6.07 Å². The molecule has 1 fully saturated rings. The van der Waals surface area contributed by atoms with Gasteiger partial charge in [-0.15, -0.1) is 0 Å². The first kappa shape index (κ1) is 16.5. The van der Waals surface area contributed by atoms with Crippen LogP contribution in [0, 0.1) is 19.7 Å². The Kier molecular flexibility index (Phi) is 4.31. The van der Waals surface area contributed by atoms with Gasteiger partial charge in [-0.3, -0.25) is 4.99 Å². The SMILES string of the molecule is C=C(c1cc(C)c(N=C(C)C)cc1F)c1cnc(C2CC2)nc1C. The fraction of sp³-hybridized carbons (Fsp3) is 0.350. The molecule has 2 aromatic rings. The normalized spacial score (nSPS) is 13.7. The third-order valence-electron chi connectivity index (χ3n) is 4.22. The Bertz CT molecular complexity index is 844. The maximum Gasteiger partial charge on any atom is 0.133 e. The van der Waals surface area contributed by atoms with Crippen molar-refractivity contribution in [2.24, 2.45) is 4.99 Å². The van der Waals surface area contributed by atoms with E-state index in [2.05, 4.69) is 21.5 Å². The molecule has 0 saturated heterocycles. The summed E-state index contributed by atoms with van der Waals surface area (Å²) in [5, 5.41) is 0. The van der Waals surface area contributed by atoms with Gasteiger partial charge in [-0.05, 0) is 57.7 Å². The first-order chi connectivity index (χ1) is 11.4. The summed E-state index contributed by atoms with van der Waals surface area (Å²) in [6.07, 6.45) is 4.09. The minimum atomic E-state index is -0.323. The number of halogens is 1. The van der Waals surface area contributed by atoms with Crippen molar-refractivity contribution < 1.29 is 4.39 Å². The maximum atomic E-state index is 14.6. The molecule has 0 unspecified atom stereocenters. The summed E-state index contributed by atoms with van der Waals surface area (Å²) in [6.45, 7) is 11.7. The molecule has 3 nitrogen and oxygen atoms in total. The van der Waals surface area contributed by atoms with Crippen molar-refractivity contribution in [1.29, 1.82) is 0 Å². The third-order valence-corrected chi connectivity index (χ3v) is 4.22. The number of rotatable bonds is 4. The van der Waals surface area contributed by atoms with E-state index in [0.29, 0.717) is 22.7 Å². The Labute approximate surface area is 142 Å². The molecule has 0 amide bonds. The second-order valence-electron chi connectivity index (χ2n) is 6.66. The van der Waals surface area contributed by atoms with Gasteiger partial charge in [0.05, 0.1) is 5.69 Å². The molecule has 1 saturated carbocycles. The summed E-state index contributed by atoms with van der Waals surface area (Å²) in [5.41, 5.74) is 5.19. The highest BCUT2D eigenvalue weighted by atomic mass is 19.1. The van der Waals surface area contributed by atoms with Crippen LogP contribution in [0.15, 0.2) is 29.9 Å². The van der Waals surface area contributed by atoms with Gasteiger partial charge in [-0.25, -0.2) is 14.4 Å². The summed E-state index contributed by atoms with van der Waals surface area (Å²) in [6, 6.07) is 3.27. The molecule has 1 aliphatic carbocycles. The van der Waals surface area contributed by atoms with E-state index < -0.39 is 0 Å². The van der Waals surface area contributed by atoms with Crippen molar-refractivity contribution in [1.82, 2.24) is 9.97 Å². The summed E-state index contributed by atoms with van der Waals surface area (Å²) in [4.78, 5) is 13.4. The number of aliphatic imine (C=N–C) groups is 1. The Balaban J connectivity index is 1.98. The minimum absolute atomic E-state index is 0.323. The van der Waals surface area contributed by atoms with Crippen LogP contribution in [0.2, 0.25) is 0 Å². The van der Waals surface area contributed by atoms with Gasteiger partial charge in [0.15, 0.2) is 0 Å². The lowest BCUT2D eigenvalue weighted by Crippen LogP contribution is -2.01. The van der Waals surface area contributed by atoms with Crippen molar-refractivity contribution in [3.63, 3.8) is 0 Å². The van der Waals surface area contributed by atoms with Gasteiger partial charge < -0.3 is 0 Å². The van der Waals surface area contributed by atoms with Crippen LogP contribution in [0.1, 0.15) is 60.8 Å². The van der Waals surface area contributed by atoms with Gasteiger partial charge in [0.2, 0.25) is 0 Å². The van der Waals surface area contributed by atoms with Crippen molar-refractivity contribution in [2.45, 2.75) is 46.5 Å². The Morgan fingerprint density at radius 3 is 2.50 bits per heavy atom. The smallest absolute Gasteiger partial charge is 0.133 e. The fourth-order valence-electron chi connectivity index (χ4n) is 2.73. The number of nitrogens with zero attached hydrogens (tertiary/aromatic N) is 3. The molecule has 0 atom stereocenters. The molecule has 0 bridgehead atoms. The molecule has 0 spiro atoms. The average Bonchev–Trinajstić information content (AvgIpc) is 3.34. The van der Waals surface area contributed by atoms with Gasteiger partial charge in [0.1, 0.15) is 11.6 Å². The van der Waals surface area contributed by atoms with Gasteiger partial charge >= 0.3 is 0 Å². The predicted octanol–water partition coefficient (Wildman–Crippen LogP) is 5.28. The Morgan fingerprint density at radius 2 is 1.92 bits per heavy atom. The van der Waals surface area contributed by atoms with Crippen molar-refractivity contribution in [2.75, 3.05) is 0 Å². The monoisotopic (exact) mass is 323 g/mol. The molecule has 124 valence electrons. The quantitative estimate of drug-likeness (QED) is 0.718.